The molecule has 0 bridgehead atoms. The van der Waals surface area contributed by atoms with Gasteiger partial charge in [0.25, 0.3) is 0 Å². The minimum absolute atomic E-state index is 0.169. The molecule has 1 aromatic heterocycles. The predicted molar refractivity (Wildman–Crippen MR) is 52.7 cm³/mol. The average Bonchev–Trinajstić information content (AvgIpc) is 2.42. The molecule has 0 aliphatic rings. The van der Waals surface area contributed by atoms with E-state index in [0.717, 1.165) is 6.20 Å². The van der Waals surface area contributed by atoms with Gasteiger partial charge in [-0.15, -0.1) is 0 Å². The molecule has 0 fully saturated rings. The van der Waals surface area contributed by atoms with Crippen LogP contribution in [-0.2, 0) is 5.54 Å². The summed E-state index contributed by atoms with van der Waals surface area (Å²) in [7, 11) is 0. The molecule has 0 spiro atoms. The third-order valence-electron chi connectivity index (χ3n) is 2.08. The highest BCUT2D eigenvalue weighted by molar-refractivity contribution is 5.41. The second kappa shape index (κ2) is 3.65. The summed E-state index contributed by atoms with van der Waals surface area (Å²) in [4.78, 5) is 0. The number of aromatic nitrogens is 2. The molecule has 1 unspecified atom stereocenters. The zero-order chi connectivity index (χ0) is 12.7. The second-order valence-corrected chi connectivity index (χ2v) is 4.51. The SMILES string of the molecule is CC(C)(C)n1ncc(C(O)C(F)(F)F)c1N. The number of halogens is 3. The Bertz CT molecular complexity index is 378. The largest absolute Gasteiger partial charge is 0.418 e. The lowest BCUT2D eigenvalue weighted by atomic mass is 10.1. The fourth-order valence-corrected chi connectivity index (χ4v) is 1.29. The molecule has 0 aliphatic heterocycles. The Labute approximate surface area is 90.9 Å². The molecule has 1 heterocycles. The Morgan fingerprint density at radius 1 is 1.38 bits per heavy atom. The van der Waals surface area contributed by atoms with Crippen molar-refractivity contribution in [1.82, 2.24) is 9.78 Å². The van der Waals surface area contributed by atoms with Gasteiger partial charge in [-0.05, 0) is 20.8 Å². The van der Waals surface area contributed by atoms with E-state index in [2.05, 4.69) is 5.10 Å². The Balaban J connectivity index is 3.15. The van der Waals surface area contributed by atoms with Gasteiger partial charge in [0, 0.05) is 0 Å². The number of nitrogen functional groups attached to an aromatic ring is 1. The Hall–Kier alpha value is -1.24. The van der Waals surface area contributed by atoms with Crippen molar-refractivity contribution in [2.45, 2.75) is 38.6 Å². The van der Waals surface area contributed by atoms with Gasteiger partial charge >= 0.3 is 6.18 Å². The zero-order valence-electron chi connectivity index (χ0n) is 9.21. The van der Waals surface area contributed by atoms with Gasteiger partial charge in [0.15, 0.2) is 6.10 Å². The van der Waals surface area contributed by atoms with Crippen LogP contribution in [0.5, 0.6) is 0 Å². The van der Waals surface area contributed by atoms with Crippen LogP contribution in [0, 0.1) is 0 Å². The number of hydrogen-bond acceptors (Lipinski definition) is 3. The van der Waals surface area contributed by atoms with Crippen LogP contribution in [0.3, 0.4) is 0 Å². The van der Waals surface area contributed by atoms with Gasteiger partial charge in [-0.1, -0.05) is 0 Å². The second-order valence-electron chi connectivity index (χ2n) is 4.51. The zero-order valence-corrected chi connectivity index (χ0v) is 9.21. The van der Waals surface area contributed by atoms with Crippen LogP contribution in [0.15, 0.2) is 6.20 Å². The number of alkyl halides is 3. The van der Waals surface area contributed by atoms with Crippen molar-refractivity contribution in [2.24, 2.45) is 0 Å². The van der Waals surface area contributed by atoms with Crippen LogP contribution in [0.2, 0.25) is 0 Å². The molecule has 3 N–H and O–H groups in total. The first-order valence-corrected chi connectivity index (χ1v) is 4.64. The number of aliphatic hydroxyl groups is 1. The van der Waals surface area contributed by atoms with Crippen molar-refractivity contribution in [1.29, 1.82) is 0 Å². The summed E-state index contributed by atoms with van der Waals surface area (Å²) in [5, 5.41) is 12.8. The van der Waals surface area contributed by atoms with Crippen molar-refractivity contribution >= 4 is 5.82 Å². The Morgan fingerprint density at radius 2 is 1.88 bits per heavy atom. The number of aliphatic hydroxyl groups excluding tert-OH is 1. The van der Waals surface area contributed by atoms with Crippen molar-refractivity contribution in [3.63, 3.8) is 0 Å². The maximum Gasteiger partial charge on any atom is 0.418 e. The number of nitrogens with two attached hydrogens (primary N) is 1. The van der Waals surface area contributed by atoms with Crippen molar-refractivity contribution in [2.75, 3.05) is 5.73 Å². The van der Waals surface area contributed by atoms with Crippen LogP contribution in [-0.4, -0.2) is 21.1 Å². The molecule has 92 valence electrons. The lowest BCUT2D eigenvalue weighted by Gasteiger charge is -2.21. The van der Waals surface area contributed by atoms with E-state index in [9.17, 15) is 13.2 Å². The lowest BCUT2D eigenvalue weighted by molar-refractivity contribution is -0.206. The number of anilines is 1. The molecule has 0 amide bonds. The average molecular weight is 237 g/mol. The quantitative estimate of drug-likeness (QED) is 0.783. The smallest absolute Gasteiger partial charge is 0.384 e. The first-order valence-electron chi connectivity index (χ1n) is 4.64. The highest BCUT2D eigenvalue weighted by Crippen LogP contribution is 2.36. The first kappa shape index (κ1) is 12.8. The number of hydrogen-bond donors (Lipinski definition) is 2. The van der Waals surface area contributed by atoms with Crippen molar-refractivity contribution in [3.05, 3.63) is 11.8 Å². The van der Waals surface area contributed by atoms with E-state index in [1.807, 2.05) is 0 Å². The third-order valence-corrected chi connectivity index (χ3v) is 2.08. The van der Waals surface area contributed by atoms with Crippen LogP contribution in [0.25, 0.3) is 0 Å². The molecular weight excluding hydrogens is 223 g/mol. The summed E-state index contributed by atoms with van der Waals surface area (Å²) in [6.07, 6.45) is -6.39. The van der Waals surface area contributed by atoms with Crippen LogP contribution in [0.4, 0.5) is 19.0 Å². The van der Waals surface area contributed by atoms with E-state index in [1.165, 1.54) is 4.68 Å². The molecule has 7 heteroatoms. The van der Waals surface area contributed by atoms with Gasteiger partial charge in [0.2, 0.25) is 0 Å². The minimum Gasteiger partial charge on any atom is -0.384 e. The highest BCUT2D eigenvalue weighted by atomic mass is 19.4. The van der Waals surface area contributed by atoms with Crippen molar-refractivity contribution in [3.8, 4) is 0 Å². The summed E-state index contributed by atoms with van der Waals surface area (Å²) in [6, 6.07) is 0. The van der Waals surface area contributed by atoms with E-state index in [1.54, 1.807) is 20.8 Å². The summed E-state index contributed by atoms with van der Waals surface area (Å²) >= 11 is 0. The Kier molecular flexibility index (Phi) is 2.93. The maximum absolute atomic E-state index is 12.3. The number of nitrogens with zero attached hydrogens (tertiary/aromatic N) is 2. The van der Waals surface area contributed by atoms with Gasteiger partial charge < -0.3 is 10.8 Å². The summed E-state index contributed by atoms with van der Waals surface area (Å²) in [5.41, 5.74) is 4.58. The molecule has 1 aromatic rings. The first-order chi connectivity index (χ1) is 7.05. The summed E-state index contributed by atoms with van der Waals surface area (Å²) < 4.78 is 38.1. The summed E-state index contributed by atoms with van der Waals surface area (Å²) in [6.45, 7) is 5.25. The van der Waals surface area contributed by atoms with E-state index in [0.29, 0.717) is 0 Å². The molecule has 1 rings (SSSR count). The molecule has 16 heavy (non-hydrogen) atoms. The molecule has 4 nitrogen and oxygen atoms in total. The minimum atomic E-state index is -4.74. The summed E-state index contributed by atoms with van der Waals surface area (Å²) in [5.74, 6) is -0.169. The van der Waals surface area contributed by atoms with Crippen LogP contribution >= 0.6 is 0 Å². The normalized spacial score (nSPS) is 15.2. The Morgan fingerprint density at radius 3 is 2.19 bits per heavy atom. The van der Waals surface area contributed by atoms with E-state index < -0.39 is 23.4 Å². The van der Waals surface area contributed by atoms with Crippen LogP contribution in [0.1, 0.15) is 32.4 Å². The molecule has 0 saturated carbocycles. The van der Waals surface area contributed by atoms with Gasteiger partial charge in [-0.3, -0.25) is 0 Å². The van der Waals surface area contributed by atoms with Crippen LogP contribution < -0.4 is 5.73 Å². The predicted octanol–water partition coefficient (Wildman–Crippen LogP) is 1.82. The molecule has 0 aromatic carbocycles. The molecular formula is C9H14F3N3O. The fourth-order valence-electron chi connectivity index (χ4n) is 1.29. The molecule has 0 radical (unpaired) electrons. The van der Waals surface area contributed by atoms with Gasteiger partial charge in [-0.25, -0.2) is 4.68 Å². The lowest BCUT2D eigenvalue weighted by Crippen LogP contribution is -2.26. The fraction of sp³-hybridized carbons (Fsp3) is 0.667. The maximum atomic E-state index is 12.3. The highest BCUT2D eigenvalue weighted by Gasteiger charge is 2.42. The van der Waals surface area contributed by atoms with Gasteiger partial charge in [0.05, 0.1) is 17.3 Å². The number of rotatable bonds is 1. The van der Waals surface area contributed by atoms with Crippen molar-refractivity contribution < 1.29 is 18.3 Å². The van der Waals surface area contributed by atoms with Gasteiger partial charge in [-0.2, -0.15) is 18.3 Å². The standard InChI is InChI=1S/C9H14F3N3O/c1-8(2,3)15-7(13)5(4-14-15)6(16)9(10,11)12/h4,6,16H,13H2,1-3H3. The van der Waals surface area contributed by atoms with E-state index >= 15 is 0 Å². The topological polar surface area (TPSA) is 64.1 Å². The third kappa shape index (κ3) is 2.29. The molecule has 1 atom stereocenters. The molecule has 0 saturated heterocycles. The molecule has 0 aliphatic carbocycles. The van der Waals surface area contributed by atoms with Gasteiger partial charge in [0.1, 0.15) is 5.82 Å². The van der Waals surface area contributed by atoms with E-state index in [-0.39, 0.29) is 5.82 Å². The van der Waals surface area contributed by atoms with E-state index in [4.69, 9.17) is 10.8 Å². The monoisotopic (exact) mass is 237 g/mol.